The maximum Gasteiger partial charge on any atom is 0.130 e. The Morgan fingerprint density at radius 2 is 1.79 bits per heavy atom. The van der Waals surface area contributed by atoms with Crippen molar-refractivity contribution in [2.45, 2.75) is 5.92 Å². The number of allylic oxidation sites excluding steroid dienone is 1. The summed E-state index contributed by atoms with van der Waals surface area (Å²) < 4.78 is 5.61. The molecule has 2 aromatic rings. The van der Waals surface area contributed by atoms with Crippen LogP contribution in [0.4, 0.5) is 5.69 Å². The van der Waals surface area contributed by atoms with E-state index in [0.29, 0.717) is 0 Å². The summed E-state index contributed by atoms with van der Waals surface area (Å²) >= 11 is 0. The van der Waals surface area contributed by atoms with Gasteiger partial charge in [-0.05, 0) is 29.8 Å². The Balaban J connectivity index is 2.08. The molecule has 2 heteroatoms. The van der Waals surface area contributed by atoms with Crippen LogP contribution in [-0.2, 0) is 0 Å². The highest BCUT2D eigenvalue weighted by atomic mass is 16.5. The first-order valence-corrected chi connectivity index (χ1v) is 6.45. The van der Waals surface area contributed by atoms with Crippen LogP contribution in [0.15, 0.2) is 60.9 Å². The second-order valence-electron chi connectivity index (χ2n) is 4.95. The quantitative estimate of drug-likeness (QED) is 0.805. The molecule has 0 bridgehead atoms. The SMILES string of the molecule is CN(C)c1ccc2c(c1)C(c1ccccc1)C=CO2. The van der Waals surface area contributed by atoms with Crippen molar-refractivity contribution in [3.8, 4) is 5.75 Å². The number of rotatable bonds is 2. The molecule has 0 aromatic heterocycles. The second-order valence-corrected chi connectivity index (χ2v) is 4.95. The largest absolute Gasteiger partial charge is 0.465 e. The van der Waals surface area contributed by atoms with E-state index in [1.54, 1.807) is 6.26 Å². The zero-order chi connectivity index (χ0) is 13.2. The fraction of sp³-hybridized carbons (Fsp3) is 0.176. The molecule has 0 saturated heterocycles. The summed E-state index contributed by atoms with van der Waals surface area (Å²) in [4.78, 5) is 2.11. The monoisotopic (exact) mass is 251 g/mol. The molecule has 96 valence electrons. The maximum absolute atomic E-state index is 5.61. The predicted octanol–water partition coefficient (Wildman–Crippen LogP) is 3.79. The van der Waals surface area contributed by atoms with Crippen LogP contribution in [0.5, 0.6) is 5.75 Å². The lowest BCUT2D eigenvalue weighted by molar-refractivity contribution is 0.459. The molecule has 1 atom stereocenters. The molecule has 0 saturated carbocycles. The Morgan fingerprint density at radius 3 is 2.53 bits per heavy atom. The average molecular weight is 251 g/mol. The molecule has 2 aromatic carbocycles. The number of anilines is 1. The maximum atomic E-state index is 5.61. The summed E-state index contributed by atoms with van der Waals surface area (Å²) in [5.74, 6) is 1.21. The summed E-state index contributed by atoms with van der Waals surface area (Å²) in [6.45, 7) is 0. The van der Waals surface area contributed by atoms with Gasteiger partial charge >= 0.3 is 0 Å². The van der Waals surface area contributed by atoms with Crippen LogP contribution in [0.3, 0.4) is 0 Å². The van der Waals surface area contributed by atoms with E-state index in [0.717, 1.165) is 5.75 Å². The van der Waals surface area contributed by atoms with Crippen LogP contribution in [0, 0.1) is 0 Å². The first-order chi connectivity index (χ1) is 9.25. The van der Waals surface area contributed by atoms with Crippen molar-refractivity contribution in [1.29, 1.82) is 0 Å². The number of nitrogens with zero attached hydrogens (tertiary/aromatic N) is 1. The third kappa shape index (κ3) is 2.22. The van der Waals surface area contributed by atoms with Gasteiger partial charge in [-0.15, -0.1) is 0 Å². The van der Waals surface area contributed by atoms with Crippen LogP contribution in [-0.4, -0.2) is 14.1 Å². The molecule has 19 heavy (non-hydrogen) atoms. The van der Waals surface area contributed by atoms with Gasteiger partial charge in [-0.3, -0.25) is 0 Å². The lowest BCUT2D eigenvalue weighted by Gasteiger charge is -2.23. The lowest BCUT2D eigenvalue weighted by Crippen LogP contribution is -2.11. The minimum Gasteiger partial charge on any atom is -0.465 e. The predicted molar refractivity (Wildman–Crippen MR) is 78.8 cm³/mol. The highest BCUT2D eigenvalue weighted by Gasteiger charge is 2.20. The van der Waals surface area contributed by atoms with Gasteiger partial charge in [-0.2, -0.15) is 0 Å². The average Bonchev–Trinajstić information content (AvgIpc) is 2.47. The van der Waals surface area contributed by atoms with Crippen molar-refractivity contribution in [3.05, 3.63) is 72.0 Å². The number of fused-ring (bicyclic) bond motifs is 1. The Bertz CT molecular complexity index is 602. The van der Waals surface area contributed by atoms with E-state index in [2.05, 4.69) is 61.5 Å². The third-order valence-corrected chi connectivity index (χ3v) is 3.47. The van der Waals surface area contributed by atoms with Gasteiger partial charge in [0, 0.05) is 31.3 Å². The molecule has 0 spiro atoms. The summed E-state index contributed by atoms with van der Waals surface area (Å²) in [6, 6.07) is 16.9. The molecular formula is C17H17NO. The van der Waals surface area contributed by atoms with Gasteiger partial charge < -0.3 is 9.64 Å². The van der Waals surface area contributed by atoms with Gasteiger partial charge in [-0.25, -0.2) is 0 Å². The second kappa shape index (κ2) is 4.81. The van der Waals surface area contributed by atoms with Crippen LogP contribution in [0.2, 0.25) is 0 Å². The Hall–Kier alpha value is -2.22. The van der Waals surface area contributed by atoms with Crippen LogP contribution in [0.25, 0.3) is 0 Å². The highest BCUT2D eigenvalue weighted by molar-refractivity contribution is 5.57. The van der Waals surface area contributed by atoms with Crippen molar-refractivity contribution in [2.75, 3.05) is 19.0 Å². The van der Waals surface area contributed by atoms with Crippen molar-refractivity contribution < 1.29 is 4.74 Å². The van der Waals surface area contributed by atoms with Gasteiger partial charge in [-0.1, -0.05) is 30.3 Å². The van der Waals surface area contributed by atoms with Crippen molar-refractivity contribution in [1.82, 2.24) is 0 Å². The zero-order valence-corrected chi connectivity index (χ0v) is 11.2. The van der Waals surface area contributed by atoms with Crippen LogP contribution >= 0.6 is 0 Å². The molecule has 0 N–H and O–H groups in total. The van der Waals surface area contributed by atoms with Crippen molar-refractivity contribution in [3.63, 3.8) is 0 Å². The molecule has 1 unspecified atom stereocenters. The molecular weight excluding hydrogens is 234 g/mol. The minimum atomic E-state index is 0.268. The lowest BCUT2D eigenvalue weighted by atomic mass is 9.89. The summed E-state index contributed by atoms with van der Waals surface area (Å²) in [5.41, 5.74) is 3.71. The van der Waals surface area contributed by atoms with Crippen LogP contribution in [0.1, 0.15) is 17.0 Å². The Kier molecular flexibility index (Phi) is 3.00. The minimum absolute atomic E-state index is 0.268. The molecule has 0 aliphatic carbocycles. The smallest absolute Gasteiger partial charge is 0.130 e. The normalized spacial score (nSPS) is 16.6. The van der Waals surface area contributed by atoms with Crippen LogP contribution < -0.4 is 9.64 Å². The van der Waals surface area contributed by atoms with E-state index in [9.17, 15) is 0 Å². The fourth-order valence-corrected chi connectivity index (χ4v) is 2.41. The summed E-state index contributed by atoms with van der Waals surface area (Å²) in [5, 5.41) is 0. The zero-order valence-electron chi connectivity index (χ0n) is 11.2. The standard InChI is InChI=1S/C17H17NO/c1-18(2)14-8-9-17-16(12-14)15(10-11-19-17)13-6-4-3-5-7-13/h3-12,15H,1-2H3. The summed E-state index contributed by atoms with van der Waals surface area (Å²) in [7, 11) is 4.11. The van der Waals surface area contributed by atoms with Gasteiger partial charge in [0.15, 0.2) is 0 Å². The van der Waals surface area contributed by atoms with Crippen molar-refractivity contribution in [2.24, 2.45) is 0 Å². The molecule has 0 amide bonds. The molecule has 2 nitrogen and oxygen atoms in total. The number of benzene rings is 2. The Morgan fingerprint density at radius 1 is 1.00 bits per heavy atom. The number of hydrogen-bond acceptors (Lipinski definition) is 2. The third-order valence-electron chi connectivity index (χ3n) is 3.47. The summed E-state index contributed by atoms with van der Waals surface area (Å²) in [6.07, 6.45) is 3.90. The van der Waals surface area contributed by atoms with E-state index in [4.69, 9.17) is 4.74 Å². The first-order valence-electron chi connectivity index (χ1n) is 6.45. The Labute approximate surface area is 113 Å². The fourth-order valence-electron chi connectivity index (χ4n) is 2.41. The first kappa shape index (κ1) is 11.8. The molecule has 3 rings (SSSR count). The van der Waals surface area contributed by atoms with E-state index in [1.807, 2.05) is 12.1 Å². The molecule has 1 aliphatic rings. The topological polar surface area (TPSA) is 12.5 Å². The number of ether oxygens (including phenoxy) is 1. The van der Waals surface area contributed by atoms with Crippen molar-refractivity contribution >= 4 is 5.69 Å². The van der Waals surface area contributed by atoms with Gasteiger partial charge in [0.1, 0.15) is 5.75 Å². The molecule has 0 radical (unpaired) electrons. The molecule has 1 heterocycles. The molecule has 1 aliphatic heterocycles. The van der Waals surface area contributed by atoms with E-state index >= 15 is 0 Å². The van der Waals surface area contributed by atoms with E-state index in [1.165, 1.54) is 16.8 Å². The van der Waals surface area contributed by atoms with Gasteiger partial charge in [0.2, 0.25) is 0 Å². The van der Waals surface area contributed by atoms with E-state index in [-0.39, 0.29) is 5.92 Å². The highest BCUT2D eigenvalue weighted by Crippen LogP contribution is 2.38. The van der Waals surface area contributed by atoms with Gasteiger partial charge in [0.05, 0.1) is 6.26 Å². The van der Waals surface area contributed by atoms with E-state index < -0.39 is 0 Å². The number of hydrogen-bond donors (Lipinski definition) is 0. The molecule has 0 fully saturated rings. The van der Waals surface area contributed by atoms with Gasteiger partial charge in [0.25, 0.3) is 0 Å².